The van der Waals surface area contributed by atoms with Gasteiger partial charge in [-0.05, 0) is 49.2 Å². The molecular weight excluding hydrogens is 502 g/mol. The molecule has 8 nitrogen and oxygen atoms in total. The second kappa shape index (κ2) is 11.1. The van der Waals surface area contributed by atoms with Gasteiger partial charge >= 0.3 is 5.97 Å². The lowest BCUT2D eigenvalue weighted by Crippen LogP contribution is -2.25. The van der Waals surface area contributed by atoms with Crippen LogP contribution in [0.1, 0.15) is 30.8 Å². The zero-order valence-electron chi connectivity index (χ0n) is 19.5. The van der Waals surface area contributed by atoms with Crippen molar-refractivity contribution >= 4 is 39.0 Å². The Hall–Kier alpha value is -3.46. The van der Waals surface area contributed by atoms with Crippen LogP contribution in [0.3, 0.4) is 0 Å². The number of carbonyl (C=O) groups is 1. The van der Waals surface area contributed by atoms with Crippen molar-refractivity contribution in [2.24, 2.45) is 5.10 Å². The van der Waals surface area contributed by atoms with Crippen LogP contribution in [0.5, 0.6) is 11.5 Å². The maximum absolute atomic E-state index is 13.1. The van der Waals surface area contributed by atoms with Gasteiger partial charge in [-0.25, -0.2) is 9.78 Å². The van der Waals surface area contributed by atoms with E-state index in [1.54, 1.807) is 37.4 Å². The number of aryl methyl sites for hydroxylation is 1. The average Bonchev–Trinajstić information content (AvgIpc) is 2.84. The molecule has 0 saturated heterocycles. The molecular formula is C25H26BrN3O5. The number of fused-ring (bicyclic) bond motifs is 1. The summed E-state index contributed by atoms with van der Waals surface area (Å²) in [5.41, 5.74) is 1.78. The minimum Gasteiger partial charge on any atom is -0.493 e. The first-order chi connectivity index (χ1) is 16.3. The number of halogens is 1. The third-order valence-electron chi connectivity index (χ3n) is 5.08. The van der Waals surface area contributed by atoms with E-state index in [4.69, 9.17) is 14.2 Å². The summed E-state index contributed by atoms with van der Waals surface area (Å²) in [6, 6.07) is 8.94. The topological polar surface area (TPSA) is 92.0 Å². The Balaban J connectivity index is 2.08. The van der Waals surface area contributed by atoms with Crippen molar-refractivity contribution in [3.8, 4) is 11.5 Å². The molecule has 0 aliphatic heterocycles. The molecule has 2 aromatic carbocycles. The fraction of sp³-hybridized carbons (Fsp3) is 0.280. The number of hydrogen-bond donors (Lipinski definition) is 0. The Bertz CT molecular complexity index is 1320. The first kappa shape index (κ1) is 25.2. The number of methoxy groups -OCH3 is 2. The van der Waals surface area contributed by atoms with Crippen LogP contribution < -0.4 is 15.0 Å². The van der Waals surface area contributed by atoms with Gasteiger partial charge in [0.25, 0.3) is 5.56 Å². The number of hydrogen-bond acceptors (Lipinski definition) is 7. The summed E-state index contributed by atoms with van der Waals surface area (Å²) in [7, 11) is 2.81. The molecule has 0 bridgehead atoms. The van der Waals surface area contributed by atoms with Gasteiger partial charge in [-0.2, -0.15) is 9.78 Å². The third kappa shape index (κ3) is 5.36. The number of nitrogens with zero attached hydrogens (tertiary/aromatic N) is 3. The Morgan fingerprint density at radius 1 is 1.29 bits per heavy atom. The molecule has 3 aromatic rings. The lowest BCUT2D eigenvalue weighted by Gasteiger charge is -2.18. The van der Waals surface area contributed by atoms with Crippen LogP contribution in [0.25, 0.3) is 10.9 Å². The molecule has 0 unspecified atom stereocenters. The molecule has 0 amide bonds. The minimum atomic E-state index is -0.823. The number of rotatable bonds is 9. The fourth-order valence-electron chi connectivity index (χ4n) is 3.41. The molecule has 1 aromatic heterocycles. The number of allylic oxidation sites excluding steroid dienone is 1. The summed E-state index contributed by atoms with van der Waals surface area (Å²) in [5, 5.41) is 4.91. The minimum absolute atomic E-state index is 0.260. The van der Waals surface area contributed by atoms with Gasteiger partial charge in [0.1, 0.15) is 5.82 Å². The van der Waals surface area contributed by atoms with Gasteiger partial charge in [-0.3, -0.25) is 4.79 Å². The molecule has 1 heterocycles. The third-order valence-corrected chi connectivity index (χ3v) is 5.57. The van der Waals surface area contributed by atoms with E-state index in [1.165, 1.54) is 18.9 Å². The molecule has 0 spiro atoms. The molecule has 1 atom stereocenters. The van der Waals surface area contributed by atoms with Crippen LogP contribution in [0, 0.1) is 0 Å². The van der Waals surface area contributed by atoms with Crippen LogP contribution >= 0.6 is 15.9 Å². The van der Waals surface area contributed by atoms with Gasteiger partial charge < -0.3 is 14.2 Å². The first-order valence-electron chi connectivity index (χ1n) is 10.6. The zero-order chi connectivity index (χ0) is 24.8. The van der Waals surface area contributed by atoms with Crippen LogP contribution in [-0.2, 0) is 22.4 Å². The SMILES string of the molecule is C=CCc1cc(C=Nn2c(CC)nc3ccc(Br)cc3c2=O)cc(OC)c1O[C@H](C)C(=O)OC. The van der Waals surface area contributed by atoms with Crippen molar-refractivity contribution in [2.45, 2.75) is 32.8 Å². The summed E-state index contributed by atoms with van der Waals surface area (Å²) in [6.45, 7) is 7.31. The lowest BCUT2D eigenvalue weighted by atomic mass is 10.1. The normalized spacial score (nSPS) is 12.0. The Morgan fingerprint density at radius 3 is 2.71 bits per heavy atom. The average molecular weight is 528 g/mol. The number of benzene rings is 2. The summed E-state index contributed by atoms with van der Waals surface area (Å²) in [5.74, 6) is 0.877. The predicted octanol–water partition coefficient (Wildman–Crippen LogP) is 4.28. The Labute approximate surface area is 206 Å². The Morgan fingerprint density at radius 2 is 2.06 bits per heavy atom. The van der Waals surface area contributed by atoms with Gasteiger partial charge in [0.05, 0.1) is 31.3 Å². The van der Waals surface area contributed by atoms with Crippen LogP contribution in [0.4, 0.5) is 0 Å². The van der Waals surface area contributed by atoms with Crippen molar-refractivity contribution in [1.82, 2.24) is 9.66 Å². The smallest absolute Gasteiger partial charge is 0.346 e. The summed E-state index contributed by atoms with van der Waals surface area (Å²) >= 11 is 3.40. The quantitative estimate of drug-likeness (QED) is 0.234. The van der Waals surface area contributed by atoms with Crippen molar-refractivity contribution in [2.75, 3.05) is 14.2 Å². The highest BCUT2D eigenvalue weighted by molar-refractivity contribution is 9.10. The second-order valence-electron chi connectivity index (χ2n) is 7.39. The van der Waals surface area contributed by atoms with E-state index in [0.29, 0.717) is 46.6 Å². The molecule has 9 heteroatoms. The van der Waals surface area contributed by atoms with Gasteiger partial charge in [-0.1, -0.05) is 28.9 Å². The molecule has 0 aliphatic carbocycles. The lowest BCUT2D eigenvalue weighted by molar-refractivity contribution is -0.147. The highest BCUT2D eigenvalue weighted by Crippen LogP contribution is 2.34. The van der Waals surface area contributed by atoms with E-state index in [-0.39, 0.29) is 5.56 Å². The molecule has 0 N–H and O–H groups in total. The standard InChI is InChI=1S/C25H26BrN3O5/c1-6-8-17-11-16(12-21(32-4)23(17)34-15(3)25(31)33-5)14-27-29-22(7-2)28-20-10-9-18(26)13-19(20)24(29)30/h6,9-15H,1,7-8H2,2-5H3/t15-/m1/s1. The highest BCUT2D eigenvalue weighted by atomic mass is 79.9. The fourth-order valence-corrected chi connectivity index (χ4v) is 3.77. The van der Waals surface area contributed by atoms with E-state index in [0.717, 1.165) is 10.0 Å². The van der Waals surface area contributed by atoms with Crippen LogP contribution in [0.15, 0.2) is 57.4 Å². The zero-order valence-corrected chi connectivity index (χ0v) is 21.1. The molecule has 34 heavy (non-hydrogen) atoms. The summed E-state index contributed by atoms with van der Waals surface area (Å²) in [6.07, 6.45) is 3.45. The monoisotopic (exact) mass is 527 g/mol. The van der Waals surface area contributed by atoms with E-state index in [9.17, 15) is 9.59 Å². The first-order valence-corrected chi connectivity index (χ1v) is 11.4. The molecule has 0 aliphatic rings. The van der Waals surface area contributed by atoms with E-state index >= 15 is 0 Å². The summed E-state index contributed by atoms with van der Waals surface area (Å²) < 4.78 is 18.2. The van der Waals surface area contributed by atoms with Crippen molar-refractivity contribution in [1.29, 1.82) is 0 Å². The number of aromatic nitrogens is 2. The molecule has 3 rings (SSSR count). The molecule has 0 fully saturated rings. The maximum atomic E-state index is 13.1. The molecule has 178 valence electrons. The van der Waals surface area contributed by atoms with E-state index < -0.39 is 12.1 Å². The highest BCUT2D eigenvalue weighted by Gasteiger charge is 2.20. The van der Waals surface area contributed by atoms with Gasteiger partial charge in [0.15, 0.2) is 17.6 Å². The van der Waals surface area contributed by atoms with Crippen LogP contribution in [-0.4, -0.2) is 42.2 Å². The Kier molecular flexibility index (Phi) is 8.22. The number of esters is 1. The number of ether oxygens (including phenoxy) is 3. The van der Waals surface area contributed by atoms with Crippen molar-refractivity contribution in [3.63, 3.8) is 0 Å². The van der Waals surface area contributed by atoms with Crippen LogP contribution in [0.2, 0.25) is 0 Å². The largest absolute Gasteiger partial charge is 0.493 e. The molecule has 0 radical (unpaired) electrons. The van der Waals surface area contributed by atoms with E-state index in [1.807, 2.05) is 19.1 Å². The van der Waals surface area contributed by atoms with Gasteiger partial charge in [0.2, 0.25) is 0 Å². The molecule has 0 saturated carbocycles. The van der Waals surface area contributed by atoms with Crippen molar-refractivity contribution < 1.29 is 19.0 Å². The van der Waals surface area contributed by atoms with E-state index in [2.05, 4.69) is 32.6 Å². The maximum Gasteiger partial charge on any atom is 0.346 e. The number of carbonyl (C=O) groups excluding carboxylic acids is 1. The predicted molar refractivity (Wildman–Crippen MR) is 135 cm³/mol. The van der Waals surface area contributed by atoms with Crippen molar-refractivity contribution in [3.05, 3.63) is 74.8 Å². The van der Waals surface area contributed by atoms with Gasteiger partial charge in [0, 0.05) is 16.5 Å². The summed E-state index contributed by atoms with van der Waals surface area (Å²) in [4.78, 5) is 29.6. The van der Waals surface area contributed by atoms with Gasteiger partial charge in [-0.15, -0.1) is 6.58 Å². The second-order valence-corrected chi connectivity index (χ2v) is 8.31.